The molecule has 2 nitrogen and oxygen atoms in total. The minimum Gasteiger partial charge on any atom is -0.455 e. The van der Waals surface area contributed by atoms with Crippen LogP contribution in [-0.4, -0.2) is 4.57 Å². The third-order valence-electron chi connectivity index (χ3n) is 5.64. The van der Waals surface area contributed by atoms with E-state index in [2.05, 4.69) is 85.1 Å². The lowest BCUT2D eigenvalue weighted by Gasteiger charge is -2.10. The first-order valence-electron chi connectivity index (χ1n) is 9.63. The summed E-state index contributed by atoms with van der Waals surface area (Å²) in [5, 5.41) is 4.75. The number of rotatable bonds is 1. The van der Waals surface area contributed by atoms with Crippen LogP contribution in [0.1, 0.15) is 11.1 Å². The summed E-state index contributed by atoms with van der Waals surface area (Å²) in [5.41, 5.74) is 8.02. The van der Waals surface area contributed by atoms with Crippen LogP contribution in [0.3, 0.4) is 0 Å². The van der Waals surface area contributed by atoms with Crippen LogP contribution in [0.2, 0.25) is 0 Å². The lowest BCUT2D eigenvalue weighted by atomic mass is 10.1. The summed E-state index contributed by atoms with van der Waals surface area (Å²) in [7, 11) is 0. The Hall–Kier alpha value is -3.52. The molecule has 134 valence electrons. The Morgan fingerprint density at radius 3 is 2.18 bits per heavy atom. The molecule has 0 atom stereocenters. The van der Waals surface area contributed by atoms with Gasteiger partial charge in [-0.25, -0.2) is 0 Å². The SMILES string of the molecule is Cc1cc(C)cc(-n2c3ccccc3c3c4oc5ccccc5c4ccc32)c1. The van der Waals surface area contributed by atoms with Crippen molar-refractivity contribution in [2.75, 3.05) is 0 Å². The fourth-order valence-corrected chi connectivity index (χ4v) is 4.59. The third kappa shape index (κ3) is 2.03. The molecule has 28 heavy (non-hydrogen) atoms. The first-order chi connectivity index (χ1) is 13.7. The molecule has 6 rings (SSSR count). The van der Waals surface area contributed by atoms with Crippen molar-refractivity contribution in [1.29, 1.82) is 0 Å². The Kier molecular flexibility index (Phi) is 3.05. The van der Waals surface area contributed by atoms with Gasteiger partial charge >= 0.3 is 0 Å². The Labute approximate surface area is 162 Å². The molecule has 6 aromatic rings. The summed E-state index contributed by atoms with van der Waals surface area (Å²) in [6.07, 6.45) is 0. The molecule has 0 unspecified atom stereocenters. The van der Waals surface area contributed by atoms with Crippen molar-refractivity contribution in [1.82, 2.24) is 4.57 Å². The Bertz CT molecular complexity index is 1510. The molecule has 0 radical (unpaired) electrons. The highest BCUT2D eigenvalue weighted by atomic mass is 16.3. The normalized spacial score (nSPS) is 11.9. The van der Waals surface area contributed by atoms with Crippen LogP contribution < -0.4 is 0 Å². The van der Waals surface area contributed by atoms with Gasteiger partial charge in [0.25, 0.3) is 0 Å². The van der Waals surface area contributed by atoms with Crippen molar-refractivity contribution in [2.24, 2.45) is 0 Å². The second kappa shape index (κ2) is 5.49. The molecule has 0 bridgehead atoms. The van der Waals surface area contributed by atoms with Gasteiger partial charge in [0.15, 0.2) is 0 Å². The molecule has 2 aromatic heterocycles. The number of hydrogen-bond donors (Lipinski definition) is 0. The maximum absolute atomic E-state index is 6.36. The van der Waals surface area contributed by atoms with Crippen LogP contribution in [0.25, 0.3) is 49.4 Å². The molecule has 2 heteroatoms. The zero-order valence-electron chi connectivity index (χ0n) is 15.9. The Morgan fingerprint density at radius 2 is 1.36 bits per heavy atom. The fraction of sp³-hybridized carbons (Fsp3) is 0.0769. The second-order valence-electron chi connectivity index (χ2n) is 7.63. The highest BCUT2D eigenvalue weighted by Gasteiger charge is 2.18. The molecule has 0 spiro atoms. The average Bonchev–Trinajstić information content (AvgIpc) is 3.22. The van der Waals surface area contributed by atoms with Crippen molar-refractivity contribution < 1.29 is 4.42 Å². The molecule has 4 aromatic carbocycles. The number of benzene rings is 4. The number of aryl methyl sites for hydroxylation is 2. The molecule has 0 fully saturated rings. The Balaban J connectivity index is 1.85. The maximum atomic E-state index is 6.36. The summed E-state index contributed by atoms with van der Waals surface area (Å²) >= 11 is 0. The number of para-hydroxylation sites is 2. The van der Waals surface area contributed by atoms with E-state index in [4.69, 9.17) is 4.42 Å². The van der Waals surface area contributed by atoms with Gasteiger partial charge < -0.3 is 8.98 Å². The predicted molar refractivity (Wildman–Crippen MR) is 118 cm³/mol. The van der Waals surface area contributed by atoms with Crippen LogP contribution in [0.4, 0.5) is 0 Å². The van der Waals surface area contributed by atoms with Gasteiger partial charge in [-0.3, -0.25) is 0 Å². The summed E-state index contributed by atoms with van der Waals surface area (Å²) < 4.78 is 8.72. The van der Waals surface area contributed by atoms with Crippen molar-refractivity contribution in [3.05, 3.63) is 90.0 Å². The topological polar surface area (TPSA) is 18.1 Å². The molecule has 0 N–H and O–H groups in total. The highest BCUT2D eigenvalue weighted by molar-refractivity contribution is 6.23. The van der Waals surface area contributed by atoms with Gasteiger partial charge in [0.05, 0.1) is 16.4 Å². The van der Waals surface area contributed by atoms with Crippen molar-refractivity contribution >= 4 is 43.7 Å². The van der Waals surface area contributed by atoms with Crippen LogP contribution >= 0.6 is 0 Å². The zero-order valence-corrected chi connectivity index (χ0v) is 15.9. The van der Waals surface area contributed by atoms with Gasteiger partial charge in [0.1, 0.15) is 11.2 Å². The van der Waals surface area contributed by atoms with Gasteiger partial charge in [-0.2, -0.15) is 0 Å². The first-order valence-corrected chi connectivity index (χ1v) is 9.63. The van der Waals surface area contributed by atoms with Gasteiger partial charge in [0, 0.05) is 21.8 Å². The molecule has 0 aliphatic carbocycles. The molecule has 0 aliphatic rings. The Morgan fingerprint density at radius 1 is 0.643 bits per heavy atom. The van der Waals surface area contributed by atoms with Crippen LogP contribution in [-0.2, 0) is 0 Å². The molecule has 0 saturated carbocycles. The summed E-state index contributed by atoms with van der Waals surface area (Å²) in [6.45, 7) is 4.31. The minimum atomic E-state index is 0.938. The van der Waals surface area contributed by atoms with Crippen LogP contribution in [0, 0.1) is 13.8 Å². The van der Waals surface area contributed by atoms with Gasteiger partial charge in [0.2, 0.25) is 0 Å². The average molecular weight is 361 g/mol. The van der Waals surface area contributed by atoms with E-state index >= 15 is 0 Å². The molecule has 0 amide bonds. The molecular weight excluding hydrogens is 342 g/mol. The van der Waals surface area contributed by atoms with Gasteiger partial charge in [-0.05, 0) is 61.4 Å². The second-order valence-corrected chi connectivity index (χ2v) is 7.63. The standard InChI is InChI=1S/C26H19NO/c1-16-13-17(2)15-18(14-16)27-22-9-5-3-8-21(22)25-23(27)12-11-20-19-7-4-6-10-24(19)28-26(20)25/h3-15H,1-2H3. The van der Waals surface area contributed by atoms with Crippen LogP contribution in [0.15, 0.2) is 83.3 Å². The first kappa shape index (κ1) is 15.5. The lowest BCUT2D eigenvalue weighted by Crippen LogP contribution is -1.95. The van der Waals surface area contributed by atoms with E-state index in [9.17, 15) is 0 Å². The predicted octanol–water partition coefficient (Wildman–Crippen LogP) is 7.30. The van der Waals surface area contributed by atoms with E-state index in [1.807, 2.05) is 12.1 Å². The lowest BCUT2D eigenvalue weighted by molar-refractivity contribution is 0.673. The summed E-state index contributed by atoms with van der Waals surface area (Å²) in [4.78, 5) is 0. The largest absolute Gasteiger partial charge is 0.455 e. The van der Waals surface area contributed by atoms with E-state index in [1.54, 1.807) is 0 Å². The molecule has 2 heterocycles. The maximum Gasteiger partial charge on any atom is 0.145 e. The molecule has 0 aliphatic heterocycles. The van der Waals surface area contributed by atoms with Gasteiger partial charge in [-0.15, -0.1) is 0 Å². The number of nitrogens with zero attached hydrogens (tertiary/aromatic N) is 1. The number of aromatic nitrogens is 1. The molecule has 0 saturated heterocycles. The third-order valence-corrected chi connectivity index (χ3v) is 5.64. The van der Waals surface area contributed by atoms with E-state index in [1.165, 1.54) is 49.4 Å². The van der Waals surface area contributed by atoms with E-state index in [0.717, 1.165) is 11.2 Å². The monoisotopic (exact) mass is 361 g/mol. The highest BCUT2D eigenvalue weighted by Crippen LogP contribution is 2.40. The van der Waals surface area contributed by atoms with Gasteiger partial charge in [-0.1, -0.05) is 42.5 Å². The molecular formula is C26H19NO. The summed E-state index contributed by atoms with van der Waals surface area (Å²) in [6, 6.07) is 28.0. The number of hydrogen-bond acceptors (Lipinski definition) is 1. The number of fused-ring (bicyclic) bond motifs is 7. The van der Waals surface area contributed by atoms with E-state index < -0.39 is 0 Å². The minimum absolute atomic E-state index is 0.938. The van der Waals surface area contributed by atoms with E-state index in [-0.39, 0.29) is 0 Å². The van der Waals surface area contributed by atoms with Crippen molar-refractivity contribution in [3.63, 3.8) is 0 Å². The quantitative estimate of drug-likeness (QED) is 0.300. The summed E-state index contributed by atoms with van der Waals surface area (Å²) in [5.74, 6) is 0. The van der Waals surface area contributed by atoms with Crippen molar-refractivity contribution in [3.8, 4) is 5.69 Å². The van der Waals surface area contributed by atoms with Crippen molar-refractivity contribution in [2.45, 2.75) is 13.8 Å². The number of furan rings is 1. The zero-order chi connectivity index (χ0) is 18.8. The van der Waals surface area contributed by atoms with Crippen LogP contribution in [0.5, 0.6) is 0 Å². The van der Waals surface area contributed by atoms with E-state index in [0.29, 0.717) is 0 Å². The smallest absolute Gasteiger partial charge is 0.145 e. The fourth-order valence-electron chi connectivity index (χ4n) is 4.59.